The SMILES string of the molecule is CC(C)CC(=O)N[C@H](C#N)c1nnc(Nc2ccccc2)s1. The number of hydrogen-bond donors (Lipinski definition) is 2. The van der Waals surface area contributed by atoms with Crippen molar-refractivity contribution < 1.29 is 4.79 Å². The smallest absolute Gasteiger partial charge is 0.221 e. The number of carbonyl (C=O) groups is 1. The van der Waals surface area contributed by atoms with Gasteiger partial charge in [-0.15, -0.1) is 10.2 Å². The Morgan fingerprint density at radius 1 is 1.32 bits per heavy atom. The maximum atomic E-state index is 11.8. The summed E-state index contributed by atoms with van der Waals surface area (Å²) >= 11 is 1.25. The van der Waals surface area contributed by atoms with Crippen LogP contribution in [0, 0.1) is 17.2 Å². The average molecular weight is 315 g/mol. The van der Waals surface area contributed by atoms with E-state index in [-0.39, 0.29) is 11.8 Å². The lowest BCUT2D eigenvalue weighted by Gasteiger charge is -2.09. The lowest BCUT2D eigenvalue weighted by molar-refractivity contribution is -0.122. The van der Waals surface area contributed by atoms with E-state index >= 15 is 0 Å². The number of nitrogens with zero attached hydrogens (tertiary/aromatic N) is 3. The zero-order valence-electron chi connectivity index (χ0n) is 12.4. The van der Waals surface area contributed by atoms with Gasteiger partial charge in [-0.1, -0.05) is 43.4 Å². The molecule has 2 aromatic rings. The summed E-state index contributed by atoms with van der Waals surface area (Å²) in [4.78, 5) is 11.8. The number of aromatic nitrogens is 2. The van der Waals surface area contributed by atoms with Crippen LogP contribution in [0.2, 0.25) is 0 Å². The first-order chi connectivity index (χ1) is 10.6. The molecule has 1 aromatic heterocycles. The van der Waals surface area contributed by atoms with Gasteiger partial charge in [0, 0.05) is 12.1 Å². The molecule has 1 amide bonds. The fraction of sp³-hybridized carbons (Fsp3) is 0.333. The lowest BCUT2D eigenvalue weighted by Crippen LogP contribution is -2.28. The fourth-order valence-corrected chi connectivity index (χ4v) is 2.55. The normalized spacial score (nSPS) is 11.7. The predicted molar refractivity (Wildman–Crippen MR) is 85.6 cm³/mol. The molecular formula is C15H17N5OS. The number of nitrogens with one attached hydrogen (secondary N) is 2. The Bertz CT molecular complexity index is 662. The van der Waals surface area contributed by atoms with Crippen LogP contribution in [-0.2, 0) is 4.79 Å². The summed E-state index contributed by atoms with van der Waals surface area (Å²) in [5.74, 6) is 0.0818. The third-order valence-electron chi connectivity index (χ3n) is 2.74. The van der Waals surface area contributed by atoms with Crippen molar-refractivity contribution in [2.24, 2.45) is 5.92 Å². The van der Waals surface area contributed by atoms with Crippen molar-refractivity contribution >= 4 is 28.1 Å². The fourth-order valence-electron chi connectivity index (χ4n) is 1.79. The van der Waals surface area contributed by atoms with Crippen LogP contribution < -0.4 is 10.6 Å². The first-order valence-corrected chi connectivity index (χ1v) is 7.74. The third kappa shape index (κ3) is 4.53. The minimum absolute atomic E-state index is 0.158. The molecule has 7 heteroatoms. The van der Waals surface area contributed by atoms with E-state index in [1.807, 2.05) is 50.2 Å². The van der Waals surface area contributed by atoms with Gasteiger partial charge in [-0.2, -0.15) is 5.26 Å². The van der Waals surface area contributed by atoms with Gasteiger partial charge >= 0.3 is 0 Å². The molecule has 6 nitrogen and oxygen atoms in total. The second-order valence-corrected chi connectivity index (χ2v) is 6.17. The maximum absolute atomic E-state index is 11.8. The molecule has 0 saturated heterocycles. The second kappa shape index (κ2) is 7.52. The van der Waals surface area contributed by atoms with E-state index in [0.29, 0.717) is 16.6 Å². The Balaban J connectivity index is 2.02. The van der Waals surface area contributed by atoms with Crippen LogP contribution in [-0.4, -0.2) is 16.1 Å². The van der Waals surface area contributed by atoms with Crippen LogP contribution in [0.1, 0.15) is 31.3 Å². The van der Waals surface area contributed by atoms with E-state index < -0.39 is 6.04 Å². The van der Waals surface area contributed by atoms with Crippen LogP contribution in [0.3, 0.4) is 0 Å². The number of nitriles is 1. The molecule has 22 heavy (non-hydrogen) atoms. The summed E-state index contributed by atoms with van der Waals surface area (Å²) in [6, 6.07) is 10.8. The maximum Gasteiger partial charge on any atom is 0.221 e. The van der Waals surface area contributed by atoms with Crippen molar-refractivity contribution in [3.8, 4) is 6.07 Å². The number of rotatable bonds is 6. The minimum Gasteiger partial charge on any atom is -0.335 e. The number of anilines is 2. The zero-order valence-corrected chi connectivity index (χ0v) is 13.2. The van der Waals surface area contributed by atoms with Crippen molar-refractivity contribution in [1.82, 2.24) is 15.5 Å². The molecular weight excluding hydrogens is 298 g/mol. The molecule has 0 saturated carbocycles. The molecule has 1 aromatic carbocycles. The van der Waals surface area contributed by atoms with Crippen LogP contribution in [0.25, 0.3) is 0 Å². The lowest BCUT2D eigenvalue weighted by atomic mass is 10.1. The minimum atomic E-state index is -0.768. The number of benzene rings is 1. The summed E-state index contributed by atoms with van der Waals surface area (Å²) in [5, 5.41) is 24.0. The first-order valence-electron chi connectivity index (χ1n) is 6.93. The monoisotopic (exact) mass is 315 g/mol. The molecule has 0 aliphatic carbocycles. The molecule has 0 aliphatic rings. The van der Waals surface area contributed by atoms with Crippen molar-refractivity contribution in [2.75, 3.05) is 5.32 Å². The quantitative estimate of drug-likeness (QED) is 0.855. The average Bonchev–Trinajstić information content (AvgIpc) is 2.93. The summed E-state index contributed by atoms with van der Waals surface area (Å²) < 4.78 is 0. The van der Waals surface area contributed by atoms with Crippen LogP contribution >= 0.6 is 11.3 Å². The molecule has 0 spiro atoms. The number of para-hydroxylation sites is 1. The van der Waals surface area contributed by atoms with Crippen LogP contribution in [0.4, 0.5) is 10.8 Å². The van der Waals surface area contributed by atoms with E-state index in [1.54, 1.807) is 0 Å². The molecule has 0 radical (unpaired) electrons. The van der Waals surface area contributed by atoms with Gasteiger partial charge in [0.05, 0.1) is 6.07 Å². The standard InChI is InChI=1S/C15H17N5OS/c1-10(2)8-13(21)18-12(9-16)14-19-20-15(22-14)17-11-6-4-3-5-7-11/h3-7,10,12H,8H2,1-2H3,(H,17,20)(H,18,21)/t12-/m1/s1. The van der Waals surface area contributed by atoms with Crippen LogP contribution in [0.5, 0.6) is 0 Å². The highest BCUT2D eigenvalue weighted by molar-refractivity contribution is 7.15. The Kier molecular flexibility index (Phi) is 5.44. The molecule has 114 valence electrons. The number of hydrogen-bond acceptors (Lipinski definition) is 6. The zero-order chi connectivity index (χ0) is 15.9. The molecule has 2 N–H and O–H groups in total. The van der Waals surface area contributed by atoms with Crippen LogP contribution in [0.15, 0.2) is 30.3 Å². The van der Waals surface area contributed by atoms with Crippen molar-refractivity contribution in [2.45, 2.75) is 26.3 Å². The summed E-state index contributed by atoms with van der Waals surface area (Å²) in [5.41, 5.74) is 0.891. The number of carbonyl (C=O) groups excluding carboxylic acids is 1. The van der Waals surface area contributed by atoms with Gasteiger partial charge in [0.2, 0.25) is 11.0 Å². The van der Waals surface area contributed by atoms with E-state index in [0.717, 1.165) is 5.69 Å². The molecule has 2 rings (SSSR count). The number of amides is 1. The molecule has 1 atom stereocenters. The van der Waals surface area contributed by atoms with Gasteiger partial charge in [-0.25, -0.2) is 0 Å². The van der Waals surface area contributed by atoms with Gasteiger partial charge in [0.15, 0.2) is 11.0 Å². The topological polar surface area (TPSA) is 90.7 Å². The summed E-state index contributed by atoms with van der Waals surface area (Å²) in [6.45, 7) is 3.90. The Labute approximate surface area is 133 Å². The van der Waals surface area contributed by atoms with E-state index in [2.05, 4.69) is 20.8 Å². The highest BCUT2D eigenvalue weighted by Gasteiger charge is 2.19. The Morgan fingerprint density at radius 3 is 2.68 bits per heavy atom. The van der Waals surface area contributed by atoms with Gasteiger partial charge in [0.25, 0.3) is 0 Å². The van der Waals surface area contributed by atoms with Gasteiger partial charge in [0.1, 0.15) is 0 Å². The molecule has 1 heterocycles. The Morgan fingerprint density at radius 2 is 2.05 bits per heavy atom. The summed E-state index contributed by atoms with van der Waals surface area (Å²) in [7, 11) is 0. The molecule has 0 unspecified atom stereocenters. The summed E-state index contributed by atoms with van der Waals surface area (Å²) in [6.07, 6.45) is 0.381. The largest absolute Gasteiger partial charge is 0.335 e. The molecule has 0 fully saturated rings. The van der Waals surface area contributed by atoms with E-state index in [1.165, 1.54) is 11.3 Å². The highest BCUT2D eigenvalue weighted by atomic mass is 32.1. The van der Waals surface area contributed by atoms with E-state index in [4.69, 9.17) is 0 Å². The highest BCUT2D eigenvalue weighted by Crippen LogP contribution is 2.24. The molecule has 0 bridgehead atoms. The van der Waals surface area contributed by atoms with E-state index in [9.17, 15) is 10.1 Å². The Hall–Kier alpha value is -2.46. The van der Waals surface area contributed by atoms with Gasteiger partial charge in [-0.05, 0) is 18.1 Å². The third-order valence-corrected chi connectivity index (χ3v) is 3.64. The second-order valence-electron chi connectivity index (χ2n) is 5.16. The van der Waals surface area contributed by atoms with Crippen molar-refractivity contribution in [3.05, 3.63) is 35.3 Å². The van der Waals surface area contributed by atoms with Gasteiger partial charge in [-0.3, -0.25) is 4.79 Å². The first kappa shape index (κ1) is 15.9. The van der Waals surface area contributed by atoms with Crippen molar-refractivity contribution in [3.63, 3.8) is 0 Å². The predicted octanol–water partition coefficient (Wildman–Crippen LogP) is 3.01. The molecule has 0 aliphatic heterocycles. The van der Waals surface area contributed by atoms with Crippen molar-refractivity contribution in [1.29, 1.82) is 5.26 Å². The van der Waals surface area contributed by atoms with Gasteiger partial charge < -0.3 is 10.6 Å².